The van der Waals surface area contributed by atoms with Gasteiger partial charge in [0, 0.05) is 16.1 Å². The molecule has 1 aromatic heterocycles. The molecule has 22 heavy (non-hydrogen) atoms. The molecular formula is C17H15BrN2O2. The molecule has 0 N–H and O–H groups in total. The van der Waals surface area contributed by atoms with Gasteiger partial charge in [-0.3, -0.25) is 14.6 Å². The molecule has 1 aromatic carbocycles. The first kappa shape index (κ1) is 13.9. The van der Waals surface area contributed by atoms with E-state index in [0.29, 0.717) is 11.2 Å². The second-order valence-corrected chi connectivity index (χ2v) is 6.83. The molecule has 2 amide bonds. The number of benzene rings is 1. The second kappa shape index (κ2) is 5.16. The molecule has 0 radical (unpaired) electrons. The molecule has 2 heterocycles. The summed E-state index contributed by atoms with van der Waals surface area (Å²) in [5.74, 6) is -0.375. The number of aromatic nitrogens is 1. The monoisotopic (exact) mass is 358 g/mol. The molecule has 2 atom stereocenters. The lowest BCUT2D eigenvalue weighted by Gasteiger charge is -2.19. The van der Waals surface area contributed by atoms with E-state index in [0.717, 1.165) is 35.5 Å². The predicted octanol–water partition coefficient (Wildman–Crippen LogP) is 3.68. The second-order valence-electron chi connectivity index (χ2n) is 5.98. The predicted molar refractivity (Wildman–Crippen MR) is 87.4 cm³/mol. The van der Waals surface area contributed by atoms with Crippen molar-refractivity contribution in [1.82, 2.24) is 4.98 Å². The lowest BCUT2D eigenvalue weighted by atomic mass is 9.81. The van der Waals surface area contributed by atoms with Crippen molar-refractivity contribution in [2.75, 3.05) is 4.90 Å². The largest absolute Gasteiger partial charge is 0.274 e. The van der Waals surface area contributed by atoms with Crippen LogP contribution in [0.2, 0.25) is 0 Å². The molecule has 2 fully saturated rings. The van der Waals surface area contributed by atoms with Crippen molar-refractivity contribution >= 4 is 44.3 Å². The van der Waals surface area contributed by atoms with Crippen LogP contribution in [-0.4, -0.2) is 16.8 Å². The maximum Gasteiger partial charge on any atom is 0.237 e. The molecule has 1 saturated carbocycles. The van der Waals surface area contributed by atoms with Crippen molar-refractivity contribution in [3.8, 4) is 0 Å². The zero-order valence-corrected chi connectivity index (χ0v) is 13.5. The number of anilines is 1. The first-order valence-electron chi connectivity index (χ1n) is 7.59. The van der Waals surface area contributed by atoms with Crippen LogP contribution in [0.4, 0.5) is 5.69 Å². The lowest BCUT2D eigenvalue weighted by Crippen LogP contribution is -2.31. The summed E-state index contributed by atoms with van der Waals surface area (Å²) in [6.07, 6.45) is 5.42. The van der Waals surface area contributed by atoms with E-state index in [4.69, 9.17) is 0 Å². The van der Waals surface area contributed by atoms with Crippen molar-refractivity contribution in [3.63, 3.8) is 0 Å². The number of pyridine rings is 1. The topological polar surface area (TPSA) is 50.3 Å². The van der Waals surface area contributed by atoms with Gasteiger partial charge in [0.25, 0.3) is 0 Å². The summed E-state index contributed by atoms with van der Waals surface area (Å²) in [6, 6.07) is 7.48. The fraction of sp³-hybridized carbons (Fsp3) is 0.353. The van der Waals surface area contributed by atoms with Crippen LogP contribution in [0.15, 0.2) is 34.9 Å². The average molecular weight is 359 g/mol. The smallest absolute Gasteiger partial charge is 0.237 e. The number of rotatable bonds is 1. The Morgan fingerprint density at radius 2 is 1.73 bits per heavy atom. The van der Waals surface area contributed by atoms with E-state index in [1.807, 2.05) is 24.3 Å². The number of nitrogens with zero attached hydrogens (tertiary/aromatic N) is 2. The van der Waals surface area contributed by atoms with E-state index < -0.39 is 0 Å². The highest BCUT2D eigenvalue weighted by molar-refractivity contribution is 9.10. The van der Waals surface area contributed by atoms with Gasteiger partial charge in [-0.1, -0.05) is 34.8 Å². The van der Waals surface area contributed by atoms with Crippen molar-refractivity contribution in [1.29, 1.82) is 0 Å². The summed E-state index contributed by atoms with van der Waals surface area (Å²) < 4.78 is 0.913. The quantitative estimate of drug-likeness (QED) is 0.730. The summed E-state index contributed by atoms with van der Waals surface area (Å²) >= 11 is 3.50. The molecule has 0 spiro atoms. The third-order valence-corrected chi connectivity index (χ3v) is 5.47. The maximum atomic E-state index is 12.7. The molecular weight excluding hydrogens is 344 g/mol. The van der Waals surface area contributed by atoms with Gasteiger partial charge >= 0.3 is 0 Å². The summed E-state index contributed by atoms with van der Waals surface area (Å²) in [7, 11) is 0. The normalized spacial score (nSPS) is 24.9. The highest BCUT2D eigenvalue weighted by atomic mass is 79.9. The Kier molecular flexibility index (Phi) is 3.26. The van der Waals surface area contributed by atoms with E-state index in [-0.39, 0.29) is 23.7 Å². The van der Waals surface area contributed by atoms with Crippen molar-refractivity contribution in [2.24, 2.45) is 11.8 Å². The summed E-state index contributed by atoms with van der Waals surface area (Å²) in [6.45, 7) is 0. The molecule has 4 rings (SSSR count). The van der Waals surface area contributed by atoms with Gasteiger partial charge in [-0.25, -0.2) is 4.90 Å². The van der Waals surface area contributed by atoms with Crippen LogP contribution in [0.5, 0.6) is 0 Å². The number of carbonyl (C=O) groups excluding carboxylic acids is 2. The molecule has 1 aliphatic carbocycles. The van der Waals surface area contributed by atoms with Crippen LogP contribution in [0.1, 0.15) is 25.7 Å². The Bertz CT molecular complexity index is 765. The van der Waals surface area contributed by atoms with Gasteiger partial charge in [-0.15, -0.1) is 0 Å². The fourth-order valence-electron chi connectivity index (χ4n) is 3.70. The van der Waals surface area contributed by atoms with Gasteiger partial charge in [0.15, 0.2) is 0 Å². The Morgan fingerprint density at radius 3 is 2.41 bits per heavy atom. The minimum atomic E-state index is -0.136. The van der Waals surface area contributed by atoms with Crippen LogP contribution in [0, 0.1) is 11.8 Å². The fourth-order valence-corrected chi connectivity index (χ4v) is 4.16. The van der Waals surface area contributed by atoms with Crippen LogP contribution in [0.25, 0.3) is 10.9 Å². The molecule has 0 bridgehead atoms. The van der Waals surface area contributed by atoms with Crippen LogP contribution in [0.3, 0.4) is 0 Å². The zero-order chi connectivity index (χ0) is 15.3. The van der Waals surface area contributed by atoms with E-state index in [1.54, 1.807) is 6.20 Å². The van der Waals surface area contributed by atoms with E-state index >= 15 is 0 Å². The van der Waals surface area contributed by atoms with Crippen molar-refractivity contribution in [2.45, 2.75) is 25.7 Å². The number of carbonyl (C=O) groups is 2. The molecule has 0 unspecified atom stereocenters. The molecule has 112 valence electrons. The molecule has 2 aliphatic rings. The summed E-state index contributed by atoms with van der Waals surface area (Å²) in [5.41, 5.74) is 1.31. The summed E-state index contributed by atoms with van der Waals surface area (Å²) in [5, 5.41) is 0.912. The molecule has 1 saturated heterocycles. The van der Waals surface area contributed by atoms with Gasteiger partial charge in [0.05, 0.1) is 23.0 Å². The van der Waals surface area contributed by atoms with E-state index in [9.17, 15) is 9.59 Å². The number of fused-ring (bicyclic) bond motifs is 2. The first-order chi connectivity index (χ1) is 10.7. The third kappa shape index (κ3) is 1.92. The highest BCUT2D eigenvalue weighted by Crippen LogP contribution is 2.42. The number of hydrogen-bond donors (Lipinski definition) is 0. The third-order valence-electron chi connectivity index (χ3n) is 4.78. The van der Waals surface area contributed by atoms with Crippen LogP contribution < -0.4 is 4.90 Å². The first-order valence-corrected chi connectivity index (χ1v) is 8.39. The molecule has 4 nitrogen and oxygen atoms in total. The Balaban J connectivity index is 1.87. The number of halogens is 1. The van der Waals surface area contributed by atoms with Gasteiger partial charge in [-0.05, 0) is 31.0 Å². The lowest BCUT2D eigenvalue weighted by molar-refractivity contribution is -0.122. The molecule has 1 aliphatic heterocycles. The average Bonchev–Trinajstić information content (AvgIpc) is 2.81. The minimum Gasteiger partial charge on any atom is -0.274 e. The zero-order valence-electron chi connectivity index (χ0n) is 12.0. The number of amides is 2. The Labute approximate surface area is 136 Å². The standard InChI is InChI=1S/C17H15BrN2O2/c18-13-7-8-14(15-12(13)6-3-9-19-15)20-16(21)10-4-1-2-5-11(10)17(20)22/h3,6-11H,1-2,4-5H2/t10-,11+. The maximum absolute atomic E-state index is 12.7. The Hall–Kier alpha value is -1.75. The van der Waals surface area contributed by atoms with Crippen molar-refractivity contribution in [3.05, 3.63) is 34.9 Å². The van der Waals surface area contributed by atoms with Gasteiger partial charge < -0.3 is 0 Å². The van der Waals surface area contributed by atoms with Crippen LogP contribution >= 0.6 is 15.9 Å². The van der Waals surface area contributed by atoms with Crippen molar-refractivity contribution < 1.29 is 9.59 Å². The SMILES string of the molecule is O=C1[C@H]2CCCC[C@H]2C(=O)N1c1ccc(Br)c2cccnc12. The molecule has 5 heteroatoms. The number of hydrogen-bond acceptors (Lipinski definition) is 3. The van der Waals surface area contributed by atoms with Gasteiger partial charge in [0.1, 0.15) is 0 Å². The van der Waals surface area contributed by atoms with Gasteiger partial charge in [0.2, 0.25) is 11.8 Å². The van der Waals surface area contributed by atoms with Gasteiger partial charge in [-0.2, -0.15) is 0 Å². The summed E-state index contributed by atoms with van der Waals surface area (Å²) in [4.78, 5) is 31.3. The molecule has 2 aromatic rings. The van der Waals surface area contributed by atoms with E-state index in [2.05, 4.69) is 20.9 Å². The number of imide groups is 1. The minimum absolute atomic E-state index is 0.0519. The highest BCUT2D eigenvalue weighted by Gasteiger charge is 2.49. The Morgan fingerprint density at radius 1 is 1.05 bits per heavy atom. The van der Waals surface area contributed by atoms with E-state index in [1.165, 1.54) is 4.90 Å². The van der Waals surface area contributed by atoms with Crippen LogP contribution in [-0.2, 0) is 9.59 Å².